The highest BCUT2D eigenvalue weighted by atomic mass is 16.5. The molecular formula is C31H34N6O6. The Morgan fingerprint density at radius 3 is 2.33 bits per heavy atom. The second-order valence-electron chi connectivity index (χ2n) is 9.79. The van der Waals surface area contributed by atoms with Gasteiger partial charge in [0.2, 0.25) is 0 Å². The van der Waals surface area contributed by atoms with Crippen molar-refractivity contribution in [3.8, 4) is 0 Å². The number of carboxylic acids is 1. The zero-order chi connectivity index (χ0) is 30.6. The lowest BCUT2D eigenvalue weighted by Gasteiger charge is -2.22. The highest BCUT2D eigenvalue weighted by molar-refractivity contribution is 5.94. The predicted octanol–water partition coefficient (Wildman–Crippen LogP) is 3.79. The molecule has 4 rings (SSSR count). The van der Waals surface area contributed by atoms with Crippen molar-refractivity contribution in [1.29, 1.82) is 0 Å². The van der Waals surface area contributed by atoms with E-state index in [1.54, 1.807) is 53.4 Å². The average molecular weight is 587 g/mol. The van der Waals surface area contributed by atoms with Gasteiger partial charge in [0.05, 0.1) is 17.6 Å². The van der Waals surface area contributed by atoms with Crippen molar-refractivity contribution in [1.82, 2.24) is 30.8 Å². The van der Waals surface area contributed by atoms with Gasteiger partial charge in [-0.15, -0.1) is 0 Å². The lowest BCUT2D eigenvalue weighted by atomic mass is 10.1. The van der Waals surface area contributed by atoms with Gasteiger partial charge < -0.3 is 35.7 Å². The molecule has 3 aromatic carbocycles. The summed E-state index contributed by atoms with van der Waals surface area (Å²) in [6.45, 7) is 2.66. The minimum absolute atomic E-state index is 0.0202. The van der Waals surface area contributed by atoms with Crippen molar-refractivity contribution >= 4 is 35.0 Å². The number of hydrogen-bond acceptors (Lipinski definition) is 6. The average Bonchev–Trinajstić information content (AvgIpc) is 3.43. The van der Waals surface area contributed by atoms with E-state index < -0.39 is 24.0 Å². The monoisotopic (exact) mass is 586 g/mol. The summed E-state index contributed by atoms with van der Waals surface area (Å²) in [6, 6.07) is 21.6. The Balaban J connectivity index is 1.33. The normalized spacial score (nSPS) is 11.4. The molecule has 0 fully saturated rings. The first kappa shape index (κ1) is 30.6. The number of nitrogens with zero attached hydrogens (tertiary/aromatic N) is 2. The van der Waals surface area contributed by atoms with E-state index in [-0.39, 0.29) is 32.3 Å². The number of alkyl carbamates (subject to hydrolysis) is 1. The van der Waals surface area contributed by atoms with Crippen molar-refractivity contribution in [2.24, 2.45) is 0 Å². The number of aromatic amines is 1. The van der Waals surface area contributed by atoms with Gasteiger partial charge in [0.1, 0.15) is 18.5 Å². The fraction of sp³-hybridized carbons (Fsp3) is 0.258. The molecule has 0 aliphatic rings. The Labute approximate surface area is 248 Å². The van der Waals surface area contributed by atoms with Gasteiger partial charge in [-0.2, -0.15) is 0 Å². The summed E-state index contributed by atoms with van der Waals surface area (Å²) in [5.41, 5.74) is 3.52. The number of H-pyrrole nitrogens is 1. The second kappa shape index (κ2) is 15.0. The molecule has 1 atom stereocenters. The van der Waals surface area contributed by atoms with Crippen LogP contribution in [-0.4, -0.2) is 63.1 Å². The van der Waals surface area contributed by atoms with E-state index in [4.69, 9.17) is 4.74 Å². The molecule has 0 spiro atoms. The van der Waals surface area contributed by atoms with Crippen molar-refractivity contribution < 1.29 is 29.0 Å². The number of aromatic nitrogens is 2. The first-order chi connectivity index (χ1) is 20.8. The van der Waals surface area contributed by atoms with Crippen molar-refractivity contribution in [2.45, 2.75) is 39.1 Å². The van der Waals surface area contributed by atoms with Gasteiger partial charge in [-0.3, -0.25) is 4.79 Å². The fourth-order valence-corrected chi connectivity index (χ4v) is 4.19. The number of urea groups is 1. The Kier molecular flexibility index (Phi) is 10.7. The fourth-order valence-electron chi connectivity index (χ4n) is 4.19. The summed E-state index contributed by atoms with van der Waals surface area (Å²) in [5.74, 6) is -1.19. The topological polar surface area (TPSA) is 166 Å². The lowest BCUT2D eigenvalue weighted by Crippen LogP contribution is -2.48. The molecule has 0 saturated heterocycles. The number of fused-ring (bicyclic) bond motifs is 1. The Hall–Kier alpha value is -5.39. The molecule has 1 aromatic heterocycles. The second-order valence-corrected chi connectivity index (χ2v) is 9.79. The van der Waals surface area contributed by atoms with Crippen LogP contribution in [0.3, 0.4) is 0 Å². The minimum atomic E-state index is -1.39. The van der Waals surface area contributed by atoms with Gasteiger partial charge in [0.25, 0.3) is 5.91 Å². The van der Waals surface area contributed by atoms with Crippen LogP contribution in [-0.2, 0) is 29.2 Å². The number of nitrogens with one attached hydrogen (secondary N) is 4. The molecule has 4 aromatic rings. The molecule has 0 aliphatic carbocycles. The third kappa shape index (κ3) is 9.05. The standard InChI is InChI=1S/C31H34N6O6/c1-2-16-32-30(41)37(19-27-34-24-10-6-7-11-25(24)35-27)18-21-12-14-23(15-13-21)28(38)33-17-26(29(39)40)36-31(42)43-20-22-8-4-3-5-9-22/h3-15,26H,2,16-20H2,1H3,(H,32,41)(H,33,38)(H,34,35)(H,36,42)(H,39,40). The van der Waals surface area contributed by atoms with Crippen LogP contribution in [0.5, 0.6) is 0 Å². The van der Waals surface area contributed by atoms with Crippen LogP contribution in [0.4, 0.5) is 9.59 Å². The van der Waals surface area contributed by atoms with Crippen LogP contribution in [0, 0.1) is 0 Å². The molecule has 12 nitrogen and oxygen atoms in total. The smallest absolute Gasteiger partial charge is 0.408 e. The van der Waals surface area contributed by atoms with E-state index in [1.165, 1.54) is 0 Å². The summed E-state index contributed by atoms with van der Waals surface area (Å²) in [4.78, 5) is 58.8. The van der Waals surface area contributed by atoms with E-state index in [2.05, 4.69) is 25.9 Å². The number of para-hydroxylation sites is 2. The molecule has 4 amide bonds. The van der Waals surface area contributed by atoms with Gasteiger partial charge in [-0.1, -0.05) is 61.5 Å². The van der Waals surface area contributed by atoms with Crippen LogP contribution < -0.4 is 16.0 Å². The number of ether oxygens (including phenoxy) is 1. The summed E-state index contributed by atoms with van der Waals surface area (Å²) >= 11 is 0. The Bertz CT molecular complexity index is 1510. The number of benzene rings is 3. The molecule has 224 valence electrons. The van der Waals surface area contributed by atoms with Crippen molar-refractivity contribution in [2.75, 3.05) is 13.1 Å². The first-order valence-corrected chi connectivity index (χ1v) is 13.9. The molecule has 1 unspecified atom stereocenters. The summed E-state index contributed by atoms with van der Waals surface area (Å²) in [7, 11) is 0. The number of aliphatic carboxylic acids is 1. The molecule has 0 bridgehead atoms. The number of imidazole rings is 1. The van der Waals surface area contributed by atoms with Crippen LogP contribution in [0.2, 0.25) is 0 Å². The van der Waals surface area contributed by atoms with E-state index in [0.29, 0.717) is 17.9 Å². The number of carbonyl (C=O) groups is 4. The van der Waals surface area contributed by atoms with Crippen molar-refractivity contribution in [3.63, 3.8) is 0 Å². The summed E-state index contributed by atoms with van der Waals surface area (Å²) < 4.78 is 5.07. The number of hydrogen-bond donors (Lipinski definition) is 5. The van der Waals surface area contributed by atoms with E-state index in [0.717, 1.165) is 28.6 Å². The van der Waals surface area contributed by atoms with Crippen molar-refractivity contribution in [3.05, 3.63) is 101 Å². The summed E-state index contributed by atoms with van der Waals surface area (Å²) in [6.07, 6.45) is -0.119. The van der Waals surface area contributed by atoms with Crippen LogP contribution in [0.25, 0.3) is 11.0 Å². The maximum Gasteiger partial charge on any atom is 0.408 e. The molecule has 43 heavy (non-hydrogen) atoms. The zero-order valence-corrected chi connectivity index (χ0v) is 23.7. The van der Waals surface area contributed by atoms with Gasteiger partial charge in [-0.25, -0.2) is 19.4 Å². The number of amides is 4. The molecule has 5 N–H and O–H groups in total. The van der Waals surface area contributed by atoms with E-state index in [1.807, 2.05) is 37.3 Å². The maximum absolute atomic E-state index is 12.9. The van der Waals surface area contributed by atoms with Gasteiger partial charge >= 0.3 is 18.1 Å². The number of carboxylic acid groups (broad SMARTS) is 1. The third-order valence-electron chi connectivity index (χ3n) is 6.45. The van der Waals surface area contributed by atoms with E-state index >= 15 is 0 Å². The quantitative estimate of drug-likeness (QED) is 0.159. The highest BCUT2D eigenvalue weighted by Crippen LogP contribution is 2.15. The Morgan fingerprint density at radius 1 is 0.907 bits per heavy atom. The van der Waals surface area contributed by atoms with E-state index in [9.17, 15) is 24.3 Å². The van der Waals surface area contributed by atoms with Crippen LogP contribution >= 0.6 is 0 Å². The summed E-state index contributed by atoms with van der Waals surface area (Å²) in [5, 5.41) is 17.2. The Morgan fingerprint density at radius 2 is 1.63 bits per heavy atom. The number of rotatable bonds is 13. The van der Waals surface area contributed by atoms with Gasteiger partial charge in [0, 0.05) is 25.2 Å². The molecular weight excluding hydrogens is 552 g/mol. The highest BCUT2D eigenvalue weighted by Gasteiger charge is 2.22. The molecule has 12 heteroatoms. The first-order valence-electron chi connectivity index (χ1n) is 13.9. The molecule has 1 heterocycles. The predicted molar refractivity (Wildman–Crippen MR) is 159 cm³/mol. The zero-order valence-electron chi connectivity index (χ0n) is 23.7. The largest absolute Gasteiger partial charge is 0.480 e. The molecule has 0 aliphatic heterocycles. The maximum atomic E-state index is 12.9. The number of carbonyl (C=O) groups excluding carboxylic acids is 3. The lowest BCUT2D eigenvalue weighted by molar-refractivity contribution is -0.139. The van der Waals surface area contributed by atoms with Gasteiger partial charge in [-0.05, 0) is 41.8 Å². The van der Waals surface area contributed by atoms with Crippen LogP contribution in [0.15, 0.2) is 78.9 Å². The molecule has 0 saturated carbocycles. The minimum Gasteiger partial charge on any atom is -0.480 e. The van der Waals surface area contributed by atoms with Gasteiger partial charge in [0.15, 0.2) is 0 Å². The SMILES string of the molecule is CCCNC(=O)N(Cc1ccc(C(=O)NCC(NC(=O)OCc2ccccc2)C(=O)O)cc1)Cc1nc2ccccc2[nH]1. The third-order valence-corrected chi connectivity index (χ3v) is 6.45. The molecule has 0 radical (unpaired) electrons. The van der Waals surface area contributed by atoms with Crippen LogP contribution in [0.1, 0.15) is 40.7 Å².